The van der Waals surface area contributed by atoms with Crippen molar-refractivity contribution in [1.82, 2.24) is 0 Å². The summed E-state index contributed by atoms with van der Waals surface area (Å²) in [6.07, 6.45) is 0. The highest BCUT2D eigenvalue weighted by Crippen LogP contribution is 1.90. The molecule has 4 heteroatoms. The fraction of sp³-hybridized carbons (Fsp3) is 0. The molecule has 5 heavy (non-hydrogen) atoms. The van der Waals surface area contributed by atoms with Crippen LogP contribution >= 0.6 is 27.5 Å². The fourth-order valence-electron chi connectivity index (χ4n) is 0. The van der Waals surface area contributed by atoms with Gasteiger partial charge in [-0.3, -0.25) is 0 Å². The van der Waals surface area contributed by atoms with Crippen molar-refractivity contribution in [3.8, 4) is 0 Å². The van der Waals surface area contributed by atoms with E-state index in [0.29, 0.717) is 0 Å². The number of nitrogens with zero attached hydrogens (tertiary/aromatic N) is 1. The predicted molar refractivity (Wildman–Crippen MR) is 24.0 cm³/mol. The van der Waals surface area contributed by atoms with E-state index in [1.54, 1.807) is 0 Å². The molecule has 0 aliphatic carbocycles. The Morgan fingerprint density at radius 2 is 2.20 bits per heavy atom. The normalized spacial score (nSPS) is 12.0. The first-order chi connectivity index (χ1) is 2.27. The first-order valence-corrected chi connectivity index (χ1v) is 1.97. The average Bonchev–Trinajstić information content (AvgIpc) is 1.38. The van der Waals surface area contributed by atoms with Gasteiger partial charge in [-0.1, -0.05) is 16.8 Å². The zero-order chi connectivity index (χ0) is 4.28. The lowest BCUT2D eigenvalue weighted by atomic mass is 11.7. The summed E-state index contributed by atoms with van der Waals surface area (Å²) in [6, 6.07) is 0. The molecule has 0 bridgehead atoms. The van der Waals surface area contributed by atoms with E-state index in [2.05, 4.69) is 21.1 Å². The highest BCUT2D eigenvalue weighted by Gasteiger charge is 1.73. The first kappa shape index (κ1) is 5.24. The molecule has 0 aromatic rings. The summed E-state index contributed by atoms with van der Waals surface area (Å²) >= 11 is 7.52. The average molecular weight is 158 g/mol. The molecule has 0 fully saturated rings. The topological polar surface area (TPSA) is 32.6 Å². The Labute approximate surface area is 42.6 Å². The van der Waals surface area contributed by atoms with E-state index in [0.717, 1.165) is 0 Å². The maximum atomic E-state index is 7.55. The summed E-state index contributed by atoms with van der Waals surface area (Å²) in [6.45, 7) is 0. The van der Waals surface area contributed by atoms with Crippen molar-refractivity contribution in [3.05, 3.63) is 0 Å². The second-order valence-electron chi connectivity index (χ2n) is 0.340. The molecule has 0 amide bonds. The maximum absolute atomic E-state index is 7.55. The molecule has 0 rings (SSSR count). The van der Waals surface area contributed by atoms with Gasteiger partial charge in [0.25, 0.3) is 0 Å². The number of halogens is 2. The van der Waals surface area contributed by atoms with Crippen molar-refractivity contribution >= 4 is 31.6 Å². The van der Waals surface area contributed by atoms with Gasteiger partial charge in [0, 0.05) is 0 Å². The van der Waals surface area contributed by atoms with Crippen LogP contribution in [-0.4, -0.2) is 9.29 Å². The molecule has 0 radical (unpaired) electrons. The Bertz CT molecular complexity index is 49.6. The quantitative estimate of drug-likeness (QED) is 0.322. The highest BCUT2D eigenvalue weighted by molar-refractivity contribution is 9.19. The summed E-state index contributed by atoms with van der Waals surface area (Å²) < 4.78 is -0.0301. The molecule has 1 N–H and O–H groups in total. The van der Waals surface area contributed by atoms with Gasteiger partial charge in [-0.25, -0.2) is 0 Å². The lowest BCUT2D eigenvalue weighted by molar-refractivity contribution is 0.322. The van der Waals surface area contributed by atoms with E-state index in [1.165, 1.54) is 0 Å². The third-order valence-electron chi connectivity index (χ3n) is 0.0756. The second kappa shape index (κ2) is 2.48. The van der Waals surface area contributed by atoms with Crippen LogP contribution in [0.1, 0.15) is 0 Å². The van der Waals surface area contributed by atoms with E-state index >= 15 is 0 Å². The maximum Gasteiger partial charge on any atom is 0.210 e. The minimum Gasteiger partial charge on any atom is -0.409 e. The van der Waals surface area contributed by atoms with Crippen molar-refractivity contribution in [1.29, 1.82) is 0 Å². The van der Waals surface area contributed by atoms with Gasteiger partial charge in [0.1, 0.15) is 0 Å². The lowest BCUT2D eigenvalue weighted by Gasteiger charge is -1.66. The summed E-state index contributed by atoms with van der Waals surface area (Å²) in [7, 11) is 0. The van der Waals surface area contributed by atoms with Crippen LogP contribution in [0.3, 0.4) is 0 Å². The summed E-state index contributed by atoms with van der Waals surface area (Å²) in [5.41, 5.74) is 0. The van der Waals surface area contributed by atoms with Crippen LogP contribution in [0.5, 0.6) is 0 Å². The molecule has 0 spiro atoms. The van der Waals surface area contributed by atoms with Crippen molar-refractivity contribution in [2.24, 2.45) is 5.16 Å². The van der Waals surface area contributed by atoms with Gasteiger partial charge in [-0.05, 0) is 15.9 Å². The molecule has 0 aromatic heterocycles. The van der Waals surface area contributed by atoms with Crippen LogP contribution in [0.2, 0.25) is 0 Å². The van der Waals surface area contributed by atoms with E-state index in [9.17, 15) is 0 Å². The van der Waals surface area contributed by atoms with Crippen LogP contribution in [0, 0.1) is 0 Å². The van der Waals surface area contributed by atoms with Gasteiger partial charge in [0.05, 0.1) is 0 Å². The molecule has 0 saturated carbocycles. The molecular weight excluding hydrogens is 157 g/mol. The molecule has 0 heterocycles. The Morgan fingerprint density at radius 3 is 2.20 bits per heavy atom. The molecule has 0 saturated heterocycles. The van der Waals surface area contributed by atoms with Crippen LogP contribution < -0.4 is 0 Å². The molecule has 0 atom stereocenters. The minimum atomic E-state index is -0.0301. The minimum absolute atomic E-state index is 0.0301. The van der Waals surface area contributed by atoms with Gasteiger partial charge >= 0.3 is 0 Å². The van der Waals surface area contributed by atoms with Crippen molar-refractivity contribution in [2.75, 3.05) is 0 Å². The highest BCUT2D eigenvalue weighted by atomic mass is 79.9. The molecule has 0 unspecified atom stereocenters. The van der Waals surface area contributed by atoms with E-state index in [-0.39, 0.29) is 4.08 Å². The molecule has 0 aromatic carbocycles. The Kier molecular flexibility index (Phi) is 2.59. The van der Waals surface area contributed by atoms with Gasteiger partial charge in [0.2, 0.25) is 4.08 Å². The molecule has 0 aliphatic heterocycles. The number of hydrogen-bond acceptors (Lipinski definition) is 2. The second-order valence-corrected chi connectivity index (χ2v) is 1.91. The zero-order valence-electron chi connectivity index (χ0n) is 2.15. The zero-order valence-corrected chi connectivity index (χ0v) is 4.49. The van der Waals surface area contributed by atoms with Gasteiger partial charge < -0.3 is 5.21 Å². The van der Waals surface area contributed by atoms with Gasteiger partial charge in [0.15, 0.2) is 0 Å². The molecule has 30 valence electrons. The van der Waals surface area contributed by atoms with Gasteiger partial charge in [-0.15, -0.1) is 0 Å². The van der Waals surface area contributed by atoms with Crippen LogP contribution in [-0.2, 0) is 0 Å². The van der Waals surface area contributed by atoms with E-state index in [4.69, 9.17) is 16.8 Å². The van der Waals surface area contributed by atoms with Crippen LogP contribution in [0.25, 0.3) is 0 Å². The third-order valence-corrected chi connectivity index (χ3v) is 0.310. The standard InChI is InChI=1S/CHBrClNO/c2-1(3)4-5/h5H. The number of oxime groups is 1. The predicted octanol–water partition coefficient (Wildman–Crippen LogP) is 1.37. The monoisotopic (exact) mass is 157 g/mol. The number of rotatable bonds is 0. The number of hydrogen-bond donors (Lipinski definition) is 1. The van der Waals surface area contributed by atoms with Gasteiger partial charge in [-0.2, -0.15) is 0 Å². The summed E-state index contributed by atoms with van der Waals surface area (Å²) in [4.78, 5) is 0. The van der Waals surface area contributed by atoms with Crippen molar-refractivity contribution in [2.45, 2.75) is 0 Å². The molecular formula is CHBrClNO. The third kappa shape index (κ3) is 4.24. The largest absolute Gasteiger partial charge is 0.409 e. The Morgan fingerprint density at radius 1 is 2.00 bits per heavy atom. The summed E-state index contributed by atoms with van der Waals surface area (Å²) in [5, 5.41) is 10.0. The Hall–Kier alpha value is 0.240. The first-order valence-electron chi connectivity index (χ1n) is 0.802. The van der Waals surface area contributed by atoms with Crippen LogP contribution in [0.4, 0.5) is 0 Å². The van der Waals surface area contributed by atoms with E-state index in [1.807, 2.05) is 0 Å². The molecule has 0 aliphatic rings. The van der Waals surface area contributed by atoms with Crippen molar-refractivity contribution in [3.63, 3.8) is 0 Å². The van der Waals surface area contributed by atoms with E-state index < -0.39 is 0 Å². The summed E-state index contributed by atoms with van der Waals surface area (Å²) in [5.74, 6) is 0. The molecule has 2 nitrogen and oxygen atoms in total. The fourth-order valence-corrected chi connectivity index (χ4v) is 0. The van der Waals surface area contributed by atoms with Crippen LogP contribution in [0.15, 0.2) is 5.16 Å². The Balaban J connectivity index is 3.14. The van der Waals surface area contributed by atoms with Crippen molar-refractivity contribution < 1.29 is 5.21 Å². The SMILES string of the molecule is ON=C(Cl)Br. The smallest absolute Gasteiger partial charge is 0.210 e. The lowest BCUT2D eigenvalue weighted by Crippen LogP contribution is -1.61.